The average molecular weight is 548 g/mol. The number of ether oxygens (including phenoxy) is 1. The van der Waals surface area contributed by atoms with Crippen LogP contribution in [0.4, 0.5) is 0 Å². The van der Waals surface area contributed by atoms with E-state index >= 15 is 0 Å². The van der Waals surface area contributed by atoms with E-state index in [0.29, 0.717) is 12.0 Å². The lowest BCUT2D eigenvalue weighted by atomic mass is 9.73. The predicted molar refractivity (Wildman–Crippen MR) is 147 cm³/mol. The van der Waals surface area contributed by atoms with E-state index in [1.807, 2.05) is 26.8 Å². The molecule has 212 valence electrons. The molecule has 0 amide bonds. The van der Waals surface area contributed by atoms with Gasteiger partial charge in [0.25, 0.3) is 7.82 Å². The number of rotatable bonds is 14. The highest BCUT2D eigenvalue weighted by molar-refractivity contribution is 7.46. The monoisotopic (exact) mass is 547 g/mol. The molecular formula is C30H44O7P-. The topological polar surface area (TPSA) is 105 Å². The van der Waals surface area contributed by atoms with Crippen LogP contribution in [0, 0.1) is 11.8 Å². The number of carbonyl (C=O) groups excluding carboxylic acids is 1. The zero-order valence-corrected chi connectivity index (χ0v) is 24.5. The number of hydrogen-bond donors (Lipinski definition) is 1. The van der Waals surface area contributed by atoms with Gasteiger partial charge in [0, 0.05) is 11.5 Å². The molecule has 2 aliphatic rings. The lowest BCUT2D eigenvalue weighted by Gasteiger charge is -2.32. The van der Waals surface area contributed by atoms with Gasteiger partial charge < -0.3 is 19.3 Å². The zero-order chi connectivity index (χ0) is 28.1. The summed E-state index contributed by atoms with van der Waals surface area (Å²) in [6.07, 6.45) is 8.72. The molecular weight excluding hydrogens is 503 g/mol. The predicted octanol–water partition coefficient (Wildman–Crippen LogP) is 7.13. The van der Waals surface area contributed by atoms with Crippen molar-refractivity contribution in [3.8, 4) is 11.5 Å². The van der Waals surface area contributed by atoms with E-state index < -0.39 is 19.4 Å². The number of esters is 1. The number of phenolic OH excluding ortho intramolecular Hbond substituents is 1. The number of phenols is 1. The molecule has 0 saturated heterocycles. The van der Waals surface area contributed by atoms with E-state index in [4.69, 9.17) is 13.8 Å². The fourth-order valence-electron chi connectivity index (χ4n) is 5.00. The third-order valence-electron chi connectivity index (χ3n) is 7.47. The fraction of sp³-hybridized carbons (Fsp3) is 0.633. The minimum Gasteiger partial charge on any atom is -0.756 e. The van der Waals surface area contributed by atoms with Crippen LogP contribution in [0.3, 0.4) is 0 Å². The molecule has 1 unspecified atom stereocenters. The van der Waals surface area contributed by atoms with Crippen molar-refractivity contribution >= 4 is 13.8 Å². The van der Waals surface area contributed by atoms with Crippen LogP contribution in [0.25, 0.3) is 0 Å². The number of phosphoric ester groups is 1. The van der Waals surface area contributed by atoms with Gasteiger partial charge in [-0.2, -0.15) is 0 Å². The third kappa shape index (κ3) is 8.05. The number of allylic oxidation sites excluding steroid dienone is 3. The number of aromatic hydroxyl groups is 1. The van der Waals surface area contributed by atoms with Crippen molar-refractivity contribution in [1.82, 2.24) is 0 Å². The SMILES string of the molecule is C=C(C)[C@@H]1CCC(C)=C[C@H]1c1c(O)cc(CCCCC)cc1OC(=O)C1(OP(=O)([O-])OCCC(C)C)CC1. The lowest BCUT2D eigenvalue weighted by molar-refractivity contribution is -0.232. The van der Waals surface area contributed by atoms with Gasteiger partial charge in [-0.25, -0.2) is 4.79 Å². The van der Waals surface area contributed by atoms with Gasteiger partial charge in [-0.1, -0.05) is 57.4 Å². The molecule has 1 aromatic rings. The molecule has 0 aliphatic heterocycles. The van der Waals surface area contributed by atoms with Crippen molar-refractivity contribution in [2.75, 3.05) is 6.61 Å². The molecule has 0 radical (unpaired) electrons. The van der Waals surface area contributed by atoms with Crippen LogP contribution in [-0.2, 0) is 24.8 Å². The summed E-state index contributed by atoms with van der Waals surface area (Å²) in [6, 6.07) is 3.56. The first-order valence-corrected chi connectivity index (χ1v) is 15.4. The maximum Gasteiger partial charge on any atom is 0.344 e. The summed E-state index contributed by atoms with van der Waals surface area (Å²) in [5.41, 5.74) is 1.99. The first-order chi connectivity index (χ1) is 17.9. The van der Waals surface area contributed by atoms with Gasteiger partial charge in [-0.05, 0) is 88.3 Å². The molecule has 1 fully saturated rings. The van der Waals surface area contributed by atoms with Gasteiger partial charge in [-0.3, -0.25) is 9.09 Å². The third-order valence-corrected chi connectivity index (χ3v) is 8.54. The second kappa shape index (κ2) is 13.0. The average Bonchev–Trinajstić information content (AvgIpc) is 3.58. The van der Waals surface area contributed by atoms with Crippen molar-refractivity contribution < 1.29 is 33.1 Å². The quantitative estimate of drug-likeness (QED) is 0.0868. The first-order valence-electron chi connectivity index (χ1n) is 13.9. The Bertz CT molecular complexity index is 1090. The van der Waals surface area contributed by atoms with E-state index in [1.165, 1.54) is 5.57 Å². The lowest BCUT2D eigenvalue weighted by Crippen LogP contribution is -2.32. The molecule has 0 heterocycles. The van der Waals surface area contributed by atoms with Crippen molar-refractivity contribution in [3.63, 3.8) is 0 Å². The van der Waals surface area contributed by atoms with Gasteiger partial charge in [-0.15, -0.1) is 0 Å². The van der Waals surface area contributed by atoms with Crippen molar-refractivity contribution in [2.24, 2.45) is 11.8 Å². The summed E-state index contributed by atoms with van der Waals surface area (Å²) >= 11 is 0. The second-order valence-electron chi connectivity index (χ2n) is 11.5. The molecule has 38 heavy (non-hydrogen) atoms. The summed E-state index contributed by atoms with van der Waals surface area (Å²) < 4.78 is 28.6. The minimum absolute atomic E-state index is 0.00292. The molecule has 8 heteroatoms. The number of hydrogen-bond acceptors (Lipinski definition) is 7. The van der Waals surface area contributed by atoms with Crippen molar-refractivity contribution in [1.29, 1.82) is 0 Å². The van der Waals surface area contributed by atoms with Crippen LogP contribution < -0.4 is 9.63 Å². The van der Waals surface area contributed by atoms with Crippen molar-refractivity contribution in [2.45, 2.75) is 104 Å². The summed E-state index contributed by atoms with van der Waals surface area (Å²) in [7, 11) is -4.69. The Hall–Kier alpha value is -1.92. The summed E-state index contributed by atoms with van der Waals surface area (Å²) in [5, 5.41) is 11.2. The van der Waals surface area contributed by atoms with Gasteiger partial charge in [0.05, 0.1) is 6.61 Å². The van der Waals surface area contributed by atoms with Crippen LogP contribution in [0.2, 0.25) is 0 Å². The Morgan fingerprint density at radius 1 is 1.29 bits per heavy atom. The molecule has 0 spiro atoms. The smallest absolute Gasteiger partial charge is 0.344 e. The Balaban J connectivity index is 1.91. The molecule has 2 aliphatic carbocycles. The van der Waals surface area contributed by atoms with Gasteiger partial charge >= 0.3 is 5.97 Å². The minimum atomic E-state index is -4.69. The van der Waals surface area contributed by atoms with Gasteiger partial charge in [0.15, 0.2) is 5.60 Å². The molecule has 0 bridgehead atoms. The fourth-order valence-corrected chi connectivity index (χ4v) is 6.06. The number of aryl methyl sites for hydroxylation is 1. The Morgan fingerprint density at radius 2 is 2.00 bits per heavy atom. The summed E-state index contributed by atoms with van der Waals surface area (Å²) in [5.74, 6) is -0.326. The highest BCUT2D eigenvalue weighted by atomic mass is 31.2. The van der Waals surface area contributed by atoms with Gasteiger partial charge in [0.1, 0.15) is 11.5 Å². The highest BCUT2D eigenvalue weighted by Crippen LogP contribution is 2.54. The van der Waals surface area contributed by atoms with Crippen LogP contribution in [0.5, 0.6) is 11.5 Å². The van der Waals surface area contributed by atoms with Crippen LogP contribution in [0.1, 0.15) is 103 Å². The van der Waals surface area contributed by atoms with E-state index in [0.717, 1.165) is 49.7 Å². The molecule has 7 nitrogen and oxygen atoms in total. The standard InChI is InChI=1S/C30H45O7P/c1-7-8-9-10-23-18-26(31)28(25-17-22(6)11-12-24(25)21(4)5)27(19-23)36-29(32)30(14-15-30)37-38(33,34)35-16-13-20(2)3/h17-20,24-25,31H,4,7-16H2,1-3,5-6H3,(H,33,34)/p-1/t24-,25+/m0/s1. The number of benzene rings is 1. The van der Waals surface area contributed by atoms with E-state index in [9.17, 15) is 19.4 Å². The molecule has 1 aromatic carbocycles. The summed E-state index contributed by atoms with van der Waals surface area (Å²) in [4.78, 5) is 25.8. The first kappa shape index (κ1) is 30.6. The number of carbonyl (C=O) groups is 1. The normalized spacial score (nSPS) is 22.0. The number of phosphoric acid groups is 1. The summed E-state index contributed by atoms with van der Waals surface area (Å²) in [6.45, 7) is 14.3. The molecule has 1 N–H and O–H groups in total. The molecule has 3 atom stereocenters. The maximum atomic E-state index is 13.4. The Labute approximate surface area is 227 Å². The Kier molecular flexibility index (Phi) is 10.4. The van der Waals surface area contributed by atoms with Gasteiger partial charge in [0.2, 0.25) is 0 Å². The van der Waals surface area contributed by atoms with Crippen LogP contribution in [0.15, 0.2) is 35.9 Å². The van der Waals surface area contributed by atoms with Crippen LogP contribution in [-0.4, -0.2) is 23.3 Å². The number of unbranched alkanes of at least 4 members (excludes halogenated alkanes) is 2. The molecule has 1 saturated carbocycles. The molecule has 0 aromatic heterocycles. The van der Waals surface area contributed by atoms with Crippen molar-refractivity contribution in [3.05, 3.63) is 47.1 Å². The van der Waals surface area contributed by atoms with E-state index in [2.05, 4.69) is 26.5 Å². The zero-order valence-electron chi connectivity index (χ0n) is 23.6. The van der Waals surface area contributed by atoms with E-state index in [-0.39, 0.29) is 48.7 Å². The largest absolute Gasteiger partial charge is 0.756 e. The Morgan fingerprint density at radius 3 is 2.61 bits per heavy atom. The van der Waals surface area contributed by atoms with Crippen LogP contribution >= 0.6 is 7.82 Å². The maximum absolute atomic E-state index is 13.4. The second-order valence-corrected chi connectivity index (χ2v) is 12.8. The van der Waals surface area contributed by atoms with E-state index in [1.54, 1.807) is 6.07 Å². The molecule has 3 rings (SSSR count). The highest BCUT2D eigenvalue weighted by Gasteiger charge is 2.56.